The Labute approximate surface area is 66.7 Å². The zero-order valence-corrected chi connectivity index (χ0v) is 7.22. The van der Waals surface area contributed by atoms with Crippen molar-refractivity contribution in [1.82, 2.24) is 20.4 Å². The molecule has 56 valence electrons. The zero-order chi connectivity index (χ0) is 6.81. The molecule has 4 nitrogen and oxygen atoms in total. The SMILES string of the molecule is P.c1cc2cnnnc2cn1. The maximum atomic E-state index is 3.88. The molecule has 2 heterocycles. The van der Waals surface area contributed by atoms with Gasteiger partial charge >= 0.3 is 0 Å². The molecule has 0 bridgehead atoms. The predicted octanol–water partition coefficient (Wildman–Crippen LogP) is 0.478. The average molecular weight is 166 g/mol. The predicted molar refractivity (Wildman–Crippen MR) is 46.2 cm³/mol. The van der Waals surface area contributed by atoms with E-state index in [1.54, 1.807) is 18.6 Å². The third-order valence-corrected chi connectivity index (χ3v) is 1.23. The van der Waals surface area contributed by atoms with E-state index in [2.05, 4.69) is 20.4 Å². The maximum absolute atomic E-state index is 3.88. The molecule has 0 aliphatic rings. The van der Waals surface area contributed by atoms with E-state index in [0.29, 0.717) is 0 Å². The van der Waals surface area contributed by atoms with Crippen LogP contribution in [0, 0.1) is 0 Å². The molecule has 1 unspecified atom stereocenters. The van der Waals surface area contributed by atoms with Crippen molar-refractivity contribution in [2.75, 3.05) is 0 Å². The lowest BCUT2D eigenvalue weighted by Gasteiger charge is -1.88. The normalized spacial score (nSPS) is 9.09. The fourth-order valence-corrected chi connectivity index (χ4v) is 0.752. The maximum Gasteiger partial charge on any atom is 0.115 e. The van der Waals surface area contributed by atoms with E-state index >= 15 is 0 Å². The molecule has 0 radical (unpaired) electrons. The van der Waals surface area contributed by atoms with Gasteiger partial charge < -0.3 is 0 Å². The lowest BCUT2D eigenvalue weighted by Crippen LogP contribution is -1.86. The van der Waals surface area contributed by atoms with Crippen LogP contribution in [0.5, 0.6) is 0 Å². The zero-order valence-electron chi connectivity index (χ0n) is 5.81. The standard InChI is InChI=1S/C6H4N4.H3P/c1-2-7-4-6-5(1)3-8-10-9-6;/h1-4H;1H3. The van der Waals surface area contributed by atoms with Gasteiger partial charge in [-0.2, -0.15) is 9.90 Å². The van der Waals surface area contributed by atoms with Crippen LogP contribution in [-0.4, -0.2) is 20.4 Å². The van der Waals surface area contributed by atoms with Crippen LogP contribution in [0.15, 0.2) is 24.7 Å². The summed E-state index contributed by atoms with van der Waals surface area (Å²) in [6, 6.07) is 1.84. The highest BCUT2D eigenvalue weighted by atomic mass is 31.0. The number of pyridine rings is 1. The van der Waals surface area contributed by atoms with Gasteiger partial charge in [-0.1, -0.05) is 0 Å². The van der Waals surface area contributed by atoms with Crippen molar-refractivity contribution in [1.29, 1.82) is 0 Å². The molecule has 0 saturated carbocycles. The Morgan fingerprint density at radius 2 is 2.09 bits per heavy atom. The summed E-state index contributed by atoms with van der Waals surface area (Å²) in [6.07, 6.45) is 5.01. The Kier molecular flexibility index (Phi) is 2.39. The number of rotatable bonds is 0. The van der Waals surface area contributed by atoms with Gasteiger partial charge in [-0.15, -0.1) is 10.2 Å². The molecule has 0 amide bonds. The van der Waals surface area contributed by atoms with Crippen molar-refractivity contribution in [3.8, 4) is 0 Å². The number of hydrogen-bond donors (Lipinski definition) is 0. The number of hydrogen-bond acceptors (Lipinski definition) is 4. The minimum atomic E-state index is 0. The van der Waals surface area contributed by atoms with Crippen molar-refractivity contribution in [2.24, 2.45) is 0 Å². The van der Waals surface area contributed by atoms with Gasteiger partial charge in [-0.25, -0.2) is 0 Å². The van der Waals surface area contributed by atoms with Crippen LogP contribution in [0.4, 0.5) is 0 Å². The second kappa shape index (κ2) is 3.30. The summed E-state index contributed by atoms with van der Waals surface area (Å²) in [6.45, 7) is 0. The highest BCUT2D eigenvalue weighted by Crippen LogP contribution is 2.03. The van der Waals surface area contributed by atoms with Gasteiger partial charge in [0.05, 0.1) is 12.4 Å². The minimum Gasteiger partial charge on any atom is -0.262 e. The molecule has 0 N–H and O–H groups in total. The van der Waals surface area contributed by atoms with E-state index in [1.165, 1.54) is 0 Å². The van der Waals surface area contributed by atoms with Gasteiger partial charge in [0, 0.05) is 11.6 Å². The first-order chi connectivity index (χ1) is 4.97. The molecule has 5 heteroatoms. The fourth-order valence-electron chi connectivity index (χ4n) is 0.752. The van der Waals surface area contributed by atoms with E-state index in [4.69, 9.17) is 0 Å². The minimum absolute atomic E-state index is 0. The van der Waals surface area contributed by atoms with E-state index in [0.717, 1.165) is 10.9 Å². The summed E-state index contributed by atoms with van der Waals surface area (Å²) in [5, 5.41) is 11.8. The second-order valence-electron chi connectivity index (χ2n) is 1.87. The van der Waals surface area contributed by atoms with Crippen molar-refractivity contribution < 1.29 is 0 Å². The first kappa shape index (κ1) is 7.95. The summed E-state index contributed by atoms with van der Waals surface area (Å²) in [7, 11) is 0. The van der Waals surface area contributed by atoms with Crippen LogP contribution in [0.2, 0.25) is 0 Å². The molecular formula is C6H7N4P. The third kappa shape index (κ3) is 1.46. The van der Waals surface area contributed by atoms with Crippen LogP contribution < -0.4 is 0 Å². The van der Waals surface area contributed by atoms with Crippen molar-refractivity contribution in [3.05, 3.63) is 24.7 Å². The third-order valence-electron chi connectivity index (χ3n) is 1.23. The van der Waals surface area contributed by atoms with Gasteiger partial charge in [0.1, 0.15) is 5.52 Å². The molecule has 1 atom stereocenters. The Morgan fingerprint density at radius 1 is 1.18 bits per heavy atom. The molecule has 0 aliphatic carbocycles. The average Bonchev–Trinajstić information content (AvgIpc) is 2.05. The monoisotopic (exact) mass is 166 g/mol. The molecule has 0 spiro atoms. The molecule has 2 aromatic rings. The Bertz CT molecular complexity index is 286. The van der Waals surface area contributed by atoms with Crippen molar-refractivity contribution in [3.63, 3.8) is 0 Å². The van der Waals surface area contributed by atoms with Crippen molar-refractivity contribution in [2.45, 2.75) is 0 Å². The van der Waals surface area contributed by atoms with Gasteiger partial charge in [-0.3, -0.25) is 4.98 Å². The summed E-state index contributed by atoms with van der Waals surface area (Å²) in [5.41, 5.74) is 0.775. The molecule has 2 aromatic heterocycles. The molecule has 0 saturated heterocycles. The second-order valence-corrected chi connectivity index (χ2v) is 1.87. The highest BCUT2D eigenvalue weighted by Gasteiger charge is 1.90. The van der Waals surface area contributed by atoms with Gasteiger partial charge in [0.25, 0.3) is 0 Å². The smallest absolute Gasteiger partial charge is 0.115 e. The molecule has 2 rings (SSSR count). The van der Waals surface area contributed by atoms with Gasteiger partial charge in [0.2, 0.25) is 0 Å². The van der Waals surface area contributed by atoms with Gasteiger partial charge in [0.15, 0.2) is 0 Å². The molecule has 0 fully saturated rings. The number of aromatic nitrogens is 4. The van der Waals surface area contributed by atoms with Crippen LogP contribution in [-0.2, 0) is 0 Å². The first-order valence-corrected chi connectivity index (χ1v) is 2.85. The Balaban J connectivity index is 0.000000605. The Hall–Kier alpha value is -1.15. The fraction of sp³-hybridized carbons (Fsp3) is 0. The summed E-state index contributed by atoms with van der Waals surface area (Å²) in [4.78, 5) is 3.88. The largest absolute Gasteiger partial charge is 0.262 e. The van der Waals surface area contributed by atoms with Crippen LogP contribution in [0.25, 0.3) is 10.9 Å². The number of fused-ring (bicyclic) bond motifs is 1. The van der Waals surface area contributed by atoms with Crippen LogP contribution in [0.1, 0.15) is 0 Å². The van der Waals surface area contributed by atoms with E-state index in [1.807, 2.05) is 6.07 Å². The summed E-state index contributed by atoms with van der Waals surface area (Å²) < 4.78 is 0. The molecular weight excluding hydrogens is 159 g/mol. The Morgan fingerprint density at radius 3 is 2.91 bits per heavy atom. The topological polar surface area (TPSA) is 51.6 Å². The van der Waals surface area contributed by atoms with E-state index in [-0.39, 0.29) is 9.90 Å². The van der Waals surface area contributed by atoms with Crippen LogP contribution in [0.3, 0.4) is 0 Å². The van der Waals surface area contributed by atoms with Crippen molar-refractivity contribution >= 4 is 20.8 Å². The van der Waals surface area contributed by atoms with E-state index in [9.17, 15) is 0 Å². The molecule has 0 aromatic carbocycles. The molecule has 0 aliphatic heterocycles. The van der Waals surface area contributed by atoms with Crippen LogP contribution >= 0.6 is 9.90 Å². The highest BCUT2D eigenvalue weighted by molar-refractivity contribution is 6.92. The summed E-state index contributed by atoms with van der Waals surface area (Å²) >= 11 is 0. The number of nitrogens with zero attached hydrogens (tertiary/aromatic N) is 4. The van der Waals surface area contributed by atoms with E-state index < -0.39 is 0 Å². The first-order valence-electron chi connectivity index (χ1n) is 2.85. The lowest BCUT2D eigenvalue weighted by molar-refractivity contribution is 0.893. The summed E-state index contributed by atoms with van der Waals surface area (Å²) in [5.74, 6) is 0. The van der Waals surface area contributed by atoms with Gasteiger partial charge in [-0.05, 0) is 11.3 Å². The lowest BCUT2D eigenvalue weighted by atomic mass is 10.3. The molecule has 11 heavy (non-hydrogen) atoms. The quantitative estimate of drug-likeness (QED) is 0.534.